The lowest BCUT2D eigenvalue weighted by atomic mass is 10.2. The molecule has 2 fully saturated rings. The van der Waals surface area contributed by atoms with Crippen LogP contribution >= 0.6 is 15.9 Å². The maximum absolute atomic E-state index is 12.1. The number of carbonyl (C=O) groups is 2. The van der Waals surface area contributed by atoms with E-state index in [2.05, 4.69) is 15.9 Å². The number of rotatable bonds is 2. The third-order valence-electron chi connectivity index (χ3n) is 3.48. The van der Waals surface area contributed by atoms with Gasteiger partial charge in [-0.3, -0.25) is 9.59 Å². The summed E-state index contributed by atoms with van der Waals surface area (Å²) in [5, 5.41) is 9.03. The molecule has 2 amide bonds. The molecule has 1 saturated carbocycles. The molecule has 3 rings (SSSR count). The van der Waals surface area contributed by atoms with Crippen molar-refractivity contribution in [2.45, 2.75) is 0 Å². The second kappa shape index (κ2) is 3.65. The summed E-state index contributed by atoms with van der Waals surface area (Å²) in [6.07, 6.45) is 0. The zero-order chi connectivity index (χ0) is 12.2. The highest BCUT2D eigenvalue weighted by Crippen LogP contribution is 2.54. The molecule has 1 N–H and O–H groups in total. The zero-order valence-corrected chi connectivity index (χ0v) is 10.4. The van der Waals surface area contributed by atoms with E-state index < -0.39 is 0 Å². The first-order valence-electron chi connectivity index (χ1n) is 5.40. The van der Waals surface area contributed by atoms with Gasteiger partial charge in [-0.2, -0.15) is 0 Å². The Balaban J connectivity index is 1.96. The predicted octanol–water partition coefficient (Wildman–Crippen LogP) is 1.18. The Bertz CT molecular complexity index is 494. The van der Waals surface area contributed by atoms with Crippen LogP contribution in [0.15, 0.2) is 28.7 Å². The maximum Gasteiger partial charge on any atom is 0.238 e. The molecule has 2 atom stereocenters. The van der Waals surface area contributed by atoms with E-state index in [0.29, 0.717) is 5.69 Å². The number of anilines is 1. The molecule has 17 heavy (non-hydrogen) atoms. The standard InChI is InChI=1S/C12H10BrNO3/c13-7-3-1-2-4-8(7)14-11(16)9-6(5-15)10(9)12(14)17/h1-4,6,9-10,15H,5H2. The van der Waals surface area contributed by atoms with Crippen molar-refractivity contribution in [3.63, 3.8) is 0 Å². The van der Waals surface area contributed by atoms with Crippen LogP contribution in [0.3, 0.4) is 0 Å². The van der Waals surface area contributed by atoms with E-state index in [0.717, 1.165) is 4.47 Å². The predicted molar refractivity (Wildman–Crippen MR) is 64.2 cm³/mol. The Morgan fingerprint density at radius 3 is 2.29 bits per heavy atom. The number of carbonyl (C=O) groups excluding carboxylic acids is 2. The van der Waals surface area contributed by atoms with Gasteiger partial charge in [0.15, 0.2) is 0 Å². The molecule has 88 valence electrons. The summed E-state index contributed by atoms with van der Waals surface area (Å²) >= 11 is 3.33. The van der Waals surface area contributed by atoms with E-state index in [1.54, 1.807) is 18.2 Å². The van der Waals surface area contributed by atoms with E-state index in [1.807, 2.05) is 6.07 Å². The minimum atomic E-state index is -0.306. The second-order valence-electron chi connectivity index (χ2n) is 4.36. The van der Waals surface area contributed by atoms with Crippen LogP contribution in [0.5, 0.6) is 0 Å². The Morgan fingerprint density at radius 1 is 1.18 bits per heavy atom. The number of halogens is 1. The highest BCUT2D eigenvalue weighted by molar-refractivity contribution is 9.10. The smallest absolute Gasteiger partial charge is 0.238 e. The van der Waals surface area contributed by atoms with Crippen LogP contribution in [0.4, 0.5) is 5.69 Å². The summed E-state index contributed by atoms with van der Waals surface area (Å²) < 4.78 is 0.726. The molecule has 2 aliphatic rings. The minimum absolute atomic E-state index is 0.0867. The van der Waals surface area contributed by atoms with Crippen LogP contribution in [0.25, 0.3) is 0 Å². The van der Waals surface area contributed by atoms with Gasteiger partial charge in [0, 0.05) is 17.0 Å². The van der Waals surface area contributed by atoms with Gasteiger partial charge in [0.25, 0.3) is 0 Å². The largest absolute Gasteiger partial charge is 0.396 e. The third-order valence-corrected chi connectivity index (χ3v) is 4.15. The van der Waals surface area contributed by atoms with Gasteiger partial charge in [-0.15, -0.1) is 0 Å². The molecule has 0 radical (unpaired) electrons. The molecule has 1 heterocycles. The molecular weight excluding hydrogens is 286 g/mol. The Labute approximate surface area is 106 Å². The fraction of sp³-hybridized carbons (Fsp3) is 0.333. The first-order chi connectivity index (χ1) is 8.16. The van der Waals surface area contributed by atoms with Gasteiger partial charge >= 0.3 is 0 Å². The first kappa shape index (κ1) is 10.9. The van der Waals surface area contributed by atoms with E-state index in [9.17, 15) is 9.59 Å². The van der Waals surface area contributed by atoms with Crippen molar-refractivity contribution >= 4 is 33.4 Å². The summed E-state index contributed by atoms with van der Waals surface area (Å²) in [5.74, 6) is -1.15. The molecule has 0 aromatic heterocycles. The molecule has 1 aliphatic heterocycles. The summed E-state index contributed by atoms with van der Waals surface area (Å²) in [7, 11) is 0. The highest BCUT2D eigenvalue weighted by Gasteiger charge is 2.67. The van der Waals surface area contributed by atoms with Crippen molar-refractivity contribution in [2.24, 2.45) is 17.8 Å². The molecule has 4 nitrogen and oxygen atoms in total. The summed E-state index contributed by atoms with van der Waals surface area (Å²) in [6.45, 7) is -0.0867. The first-order valence-corrected chi connectivity index (χ1v) is 6.19. The van der Waals surface area contributed by atoms with E-state index in [-0.39, 0.29) is 36.2 Å². The van der Waals surface area contributed by atoms with Crippen molar-refractivity contribution < 1.29 is 14.7 Å². The van der Waals surface area contributed by atoms with Gasteiger partial charge < -0.3 is 5.11 Å². The number of fused-ring (bicyclic) bond motifs is 1. The monoisotopic (exact) mass is 295 g/mol. The van der Waals surface area contributed by atoms with E-state index in [1.165, 1.54) is 4.90 Å². The van der Waals surface area contributed by atoms with Crippen LogP contribution < -0.4 is 4.90 Å². The fourth-order valence-electron chi connectivity index (χ4n) is 2.55. The molecule has 1 aromatic carbocycles. The number of hydrogen-bond donors (Lipinski definition) is 1. The SMILES string of the molecule is O=C1C2C(CO)C2C(=O)N1c1ccccc1Br. The van der Waals surface area contributed by atoms with Crippen LogP contribution in [-0.4, -0.2) is 23.5 Å². The number of nitrogens with zero attached hydrogens (tertiary/aromatic N) is 1. The lowest BCUT2D eigenvalue weighted by Crippen LogP contribution is -2.35. The molecule has 5 heteroatoms. The van der Waals surface area contributed by atoms with Crippen LogP contribution in [0.1, 0.15) is 0 Å². The van der Waals surface area contributed by atoms with E-state index >= 15 is 0 Å². The number of piperidine rings is 1. The molecular formula is C12H10BrNO3. The number of para-hydroxylation sites is 1. The normalized spacial score (nSPS) is 30.7. The Morgan fingerprint density at radius 2 is 1.76 bits per heavy atom. The number of amides is 2. The third kappa shape index (κ3) is 1.39. The summed E-state index contributed by atoms with van der Waals surface area (Å²) in [5.41, 5.74) is 0.589. The van der Waals surface area contributed by atoms with Crippen molar-refractivity contribution in [1.82, 2.24) is 0 Å². The molecule has 1 aromatic rings. The van der Waals surface area contributed by atoms with Gasteiger partial charge in [-0.05, 0) is 28.1 Å². The molecule has 2 unspecified atom stereocenters. The molecule has 0 bridgehead atoms. The highest BCUT2D eigenvalue weighted by atomic mass is 79.9. The second-order valence-corrected chi connectivity index (χ2v) is 5.22. The summed E-state index contributed by atoms with van der Waals surface area (Å²) in [4.78, 5) is 25.3. The number of benzene rings is 1. The Kier molecular flexibility index (Phi) is 2.34. The number of aliphatic hydroxyl groups excluding tert-OH is 1. The molecule has 0 spiro atoms. The number of imide groups is 1. The van der Waals surface area contributed by atoms with Gasteiger partial charge in [-0.1, -0.05) is 12.1 Å². The number of hydrogen-bond acceptors (Lipinski definition) is 3. The molecule has 1 aliphatic carbocycles. The Hall–Kier alpha value is -1.20. The average Bonchev–Trinajstić information content (AvgIpc) is 2.99. The summed E-state index contributed by atoms with van der Waals surface area (Å²) in [6, 6.07) is 7.14. The van der Waals surface area contributed by atoms with Gasteiger partial charge in [0.1, 0.15) is 0 Å². The lowest BCUT2D eigenvalue weighted by molar-refractivity contribution is -0.124. The maximum atomic E-state index is 12.1. The van der Waals surface area contributed by atoms with E-state index in [4.69, 9.17) is 5.11 Å². The van der Waals surface area contributed by atoms with Crippen LogP contribution in [-0.2, 0) is 9.59 Å². The fourth-order valence-corrected chi connectivity index (χ4v) is 3.01. The van der Waals surface area contributed by atoms with Gasteiger partial charge in [-0.25, -0.2) is 4.90 Å². The lowest BCUT2D eigenvalue weighted by Gasteiger charge is -2.19. The van der Waals surface area contributed by atoms with Crippen molar-refractivity contribution in [2.75, 3.05) is 11.5 Å². The topological polar surface area (TPSA) is 57.6 Å². The average molecular weight is 296 g/mol. The minimum Gasteiger partial charge on any atom is -0.396 e. The van der Waals surface area contributed by atoms with Gasteiger partial charge in [0.05, 0.1) is 17.5 Å². The van der Waals surface area contributed by atoms with Crippen molar-refractivity contribution in [3.8, 4) is 0 Å². The van der Waals surface area contributed by atoms with Gasteiger partial charge in [0.2, 0.25) is 11.8 Å². The quantitative estimate of drug-likeness (QED) is 0.834. The zero-order valence-electron chi connectivity index (χ0n) is 8.84. The van der Waals surface area contributed by atoms with Crippen molar-refractivity contribution in [3.05, 3.63) is 28.7 Å². The number of aliphatic hydroxyl groups is 1. The van der Waals surface area contributed by atoms with Crippen LogP contribution in [0, 0.1) is 17.8 Å². The van der Waals surface area contributed by atoms with Crippen LogP contribution in [0.2, 0.25) is 0 Å². The van der Waals surface area contributed by atoms with Crippen molar-refractivity contribution in [1.29, 1.82) is 0 Å². The molecule has 1 saturated heterocycles.